The number of rotatable bonds is 9. The maximum atomic E-state index is 13.4. The summed E-state index contributed by atoms with van der Waals surface area (Å²) >= 11 is 6.06. The first kappa shape index (κ1) is 30.9. The molecule has 1 aromatic carbocycles. The molecule has 3 aromatic rings. The lowest BCUT2D eigenvalue weighted by Gasteiger charge is -2.42. The Morgan fingerprint density at radius 2 is 1.86 bits per heavy atom. The highest BCUT2D eigenvalue weighted by Crippen LogP contribution is 2.26. The predicted molar refractivity (Wildman–Crippen MR) is 159 cm³/mol. The second kappa shape index (κ2) is 12.8. The maximum absolute atomic E-state index is 13.4. The average molecular weight is 601 g/mol. The van der Waals surface area contributed by atoms with E-state index in [2.05, 4.69) is 12.2 Å². The minimum Gasteiger partial charge on any atom is -0.480 e. The number of aliphatic carboxylic acids is 1. The lowest BCUT2D eigenvalue weighted by Crippen LogP contribution is -2.62. The number of piperazine rings is 1. The Labute approximate surface area is 248 Å². The molecule has 0 radical (unpaired) electrons. The number of imidazole rings is 1. The Morgan fingerprint density at radius 3 is 2.50 bits per heavy atom. The average Bonchev–Trinajstić information content (AvgIpc) is 3.38. The molecule has 0 saturated carbocycles. The molecular weight excluding hydrogens is 564 g/mol. The molecule has 42 heavy (non-hydrogen) atoms. The number of amides is 2. The van der Waals surface area contributed by atoms with Crippen LogP contribution in [0.15, 0.2) is 41.3 Å². The van der Waals surface area contributed by atoms with Crippen LogP contribution in [0, 0.1) is 0 Å². The van der Waals surface area contributed by atoms with Gasteiger partial charge in [0.05, 0.1) is 5.69 Å². The van der Waals surface area contributed by atoms with Crippen LogP contribution in [0.3, 0.4) is 0 Å². The second-order valence-corrected chi connectivity index (χ2v) is 11.7. The van der Waals surface area contributed by atoms with Crippen molar-refractivity contribution in [1.29, 1.82) is 0 Å². The Balaban J connectivity index is 1.74. The number of carboxylic acid groups (broad SMARTS) is 1. The fourth-order valence-electron chi connectivity index (χ4n) is 4.87. The van der Waals surface area contributed by atoms with E-state index in [4.69, 9.17) is 26.4 Å². The predicted octanol–water partition coefficient (Wildman–Crippen LogP) is 3.63. The van der Waals surface area contributed by atoms with Crippen molar-refractivity contribution in [2.45, 2.75) is 65.1 Å². The maximum Gasteiger partial charge on any atom is 0.411 e. The number of halogens is 1. The van der Waals surface area contributed by atoms with Crippen LogP contribution < -0.4 is 15.8 Å². The van der Waals surface area contributed by atoms with Gasteiger partial charge in [0.2, 0.25) is 11.7 Å². The topological polar surface area (TPSA) is 138 Å². The summed E-state index contributed by atoms with van der Waals surface area (Å²) in [5.74, 6) is -0.803. The van der Waals surface area contributed by atoms with Gasteiger partial charge in [0.15, 0.2) is 0 Å². The first-order valence-corrected chi connectivity index (χ1v) is 14.4. The van der Waals surface area contributed by atoms with E-state index in [0.29, 0.717) is 35.4 Å². The van der Waals surface area contributed by atoms with Crippen molar-refractivity contribution in [2.24, 2.45) is 0 Å². The standard InChI is InChI=1S/C29H37ClN6O6/c1-5-6-7-12-35-23(15-24(37)36-17-21(32-27(35)36)19-8-10-20(30)11-9-19)33-13-14-34(28(41)42-29(2,3)4)22(18-33)26(40)31-16-25(38)39/h8-11,15,17,22H,5-7,12-14,16,18H2,1-4H3,(H,31,40)(H,38,39). The van der Waals surface area contributed by atoms with Gasteiger partial charge in [-0.2, -0.15) is 0 Å². The van der Waals surface area contributed by atoms with Crippen LogP contribution in [0.25, 0.3) is 17.0 Å². The fraction of sp³-hybridized carbons (Fsp3) is 0.483. The first-order chi connectivity index (χ1) is 19.9. The summed E-state index contributed by atoms with van der Waals surface area (Å²) in [7, 11) is 0. The number of nitrogens with one attached hydrogen (secondary N) is 1. The minimum atomic E-state index is -1.20. The Hall–Kier alpha value is -4.06. The molecule has 1 fully saturated rings. The number of hydrogen-bond donors (Lipinski definition) is 2. The third kappa shape index (κ3) is 7.22. The number of carbonyl (C=O) groups is 3. The van der Waals surface area contributed by atoms with E-state index < -0.39 is 36.2 Å². The summed E-state index contributed by atoms with van der Waals surface area (Å²) in [6.45, 7) is 7.74. The molecule has 0 aliphatic carbocycles. The zero-order chi connectivity index (χ0) is 30.6. The van der Waals surface area contributed by atoms with Crippen LogP contribution in [0.1, 0.15) is 47.0 Å². The molecule has 226 valence electrons. The quantitative estimate of drug-likeness (QED) is 0.355. The molecule has 1 unspecified atom stereocenters. The smallest absolute Gasteiger partial charge is 0.411 e. The number of unbranched alkanes of at least 4 members (excludes halogenated alkanes) is 2. The summed E-state index contributed by atoms with van der Waals surface area (Å²) in [4.78, 5) is 58.7. The van der Waals surface area contributed by atoms with Gasteiger partial charge in [-0.1, -0.05) is 43.5 Å². The van der Waals surface area contributed by atoms with Crippen LogP contribution >= 0.6 is 11.6 Å². The summed E-state index contributed by atoms with van der Waals surface area (Å²) in [5.41, 5.74) is 0.348. The number of fused-ring (bicyclic) bond motifs is 1. The van der Waals surface area contributed by atoms with Crippen molar-refractivity contribution >= 4 is 41.2 Å². The van der Waals surface area contributed by atoms with E-state index in [1.807, 2.05) is 21.6 Å². The molecule has 1 atom stereocenters. The van der Waals surface area contributed by atoms with Crippen LogP contribution in [-0.2, 0) is 20.9 Å². The minimum absolute atomic E-state index is 0.0266. The third-order valence-corrected chi connectivity index (χ3v) is 7.12. The summed E-state index contributed by atoms with van der Waals surface area (Å²) in [6, 6.07) is 7.67. The lowest BCUT2D eigenvalue weighted by atomic mass is 10.1. The Bertz CT molecular complexity index is 1510. The Kier molecular flexibility index (Phi) is 9.45. The zero-order valence-electron chi connectivity index (χ0n) is 24.3. The van der Waals surface area contributed by atoms with Gasteiger partial charge in [-0.3, -0.25) is 28.3 Å². The number of carbonyl (C=O) groups excluding carboxylic acids is 2. The van der Waals surface area contributed by atoms with Crippen LogP contribution in [0.2, 0.25) is 5.02 Å². The number of aromatic nitrogens is 3. The number of aryl methyl sites for hydroxylation is 1. The molecule has 2 aromatic heterocycles. The molecule has 1 aliphatic rings. The normalized spacial score (nSPS) is 15.6. The number of nitrogens with zero attached hydrogens (tertiary/aromatic N) is 5. The molecule has 12 nitrogen and oxygen atoms in total. The zero-order valence-corrected chi connectivity index (χ0v) is 25.1. The Morgan fingerprint density at radius 1 is 1.14 bits per heavy atom. The van der Waals surface area contributed by atoms with Crippen molar-refractivity contribution in [3.8, 4) is 11.3 Å². The van der Waals surface area contributed by atoms with Crippen LogP contribution in [-0.4, -0.2) is 79.7 Å². The van der Waals surface area contributed by atoms with Gasteiger partial charge in [0.25, 0.3) is 5.56 Å². The molecule has 4 rings (SSSR count). The molecule has 1 saturated heterocycles. The monoisotopic (exact) mass is 600 g/mol. The van der Waals surface area contributed by atoms with E-state index >= 15 is 0 Å². The summed E-state index contributed by atoms with van der Waals surface area (Å²) < 4.78 is 9.01. The van der Waals surface area contributed by atoms with Gasteiger partial charge < -0.3 is 20.1 Å². The van der Waals surface area contributed by atoms with Crippen molar-refractivity contribution in [1.82, 2.24) is 24.2 Å². The number of benzene rings is 1. The molecule has 13 heteroatoms. The molecule has 0 bridgehead atoms. The van der Waals surface area contributed by atoms with Crippen molar-refractivity contribution in [3.05, 3.63) is 51.9 Å². The van der Waals surface area contributed by atoms with E-state index in [0.717, 1.165) is 24.8 Å². The molecular formula is C29H37ClN6O6. The summed E-state index contributed by atoms with van der Waals surface area (Å²) in [5, 5.41) is 12.1. The number of carboxylic acids is 1. The second-order valence-electron chi connectivity index (χ2n) is 11.2. The van der Waals surface area contributed by atoms with Gasteiger partial charge in [0.1, 0.15) is 24.0 Å². The van der Waals surface area contributed by atoms with Gasteiger partial charge in [-0.25, -0.2) is 9.78 Å². The van der Waals surface area contributed by atoms with Crippen LogP contribution in [0.5, 0.6) is 0 Å². The SMILES string of the molecule is CCCCCn1c(N2CCN(C(=O)OC(C)(C)C)C(C(=O)NCC(=O)O)C2)cc(=O)n2cc(-c3ccc(Cl)cc3)nc12. The summed E-state index contributed by atoms with van der Waals surface area (Å²) in [6.07, 6.45) is 3.83. The largest absolute Gasteiger partial charge is 0.480 e. The highest BCUT2D eigenvalue weighted by molar-refractivity contribution is 6.30. The lowest BCUT2D eigenvalue weighted by molar-refractivity contribution is -0.138. The van der Waals surface area contributed by atoms with E-state index in [1.165, 1.54) is 15.4 Å². The van der Waals surface area contributed by atoms with Gasteiger partial charge >= 0.3 is 12.1 Å². The molecule has 0 spiro atoms. The molecule has 1 aliphatic heterocycles. The highest BCUT2D eigenvalue weighted by atomic mass is 35.5. The molecule has 3 heterocycles. The molecule has 2 N–H and O–H groups in total. The number of anilines is 1. The van der Waals surface area contributed by atoms with E-state index in [-0.39, 0.29) is 18.6 Å². The third-order valence-electron chi connectivity index (χ3n) is 6.87. The number of ether oxygens (including phenoxy) is 1. The van der Waals surface area contributed by atoms with Crippen molar-refractivity contribution < 1.29 is 24.2 Å². The number of hydrogen-bond acceptors (Lipinski definition) is 7. The van der Waals surface area contributed by atoms with Gasteiger partial charge in [0, 0.05) is 49.0 Å². The van der Waals surface area contributed by atoms with Crippen LogP contribution in [0.4, 0.5) is 10.6 Å². The van der Waals surface area contributed by atoms with Gasteiger partial charge in [-0.15, -0.1) is 0 Å². The highest BCUT2D eigenvalue weighted by Gasteiger charge is 2.38. The van der Waals surface area contributed by atoms with E-state index in [9.17, 15) is 19.2 Å². The van der Waals surface area contributed by atoms with Crippen molar-refractivity contribution in [2.75, 3.05) is 31.1 Å². The fourth-order valence-corrected chi connectivity index (χ4v) is 5.00. The van der Waals surface area contributed by atoms with Gasteiger partial charge in [-0.05, 0) is 39.3 Å². The van der Waals surface area contributed by atoms with E-state index in [1.54, 1.807) is 39.1 Å². The van der Waals surface area contributed by atoms with Crippen molar-refractivity contribution in [3.63, 3.8) is 0 Å². The first-order valence-electron chi connectivity index (χ1n) is 14.0. The molecule has 2 amide bonds.